The first-order chi connectivity index (χ1) is 8.91. The average molecular weight is 287 g/mol. The highest BCUT2D eigenvalue weighted by molar-refractivity contribution is 7.89. The molecule has 0 radical (unpaired) electrons. The van der Waals surface area contributed by atoms with Crippen LogP contribution in [-0.2, 0) is 19.6 Å². The zero-order valence-electron chi connectivity index (χ0n) is 10.9. The largest absolute Gasteiger partial charge is 0.468 e. The van der Waals surface area contributed by atoms with Crippen molar-refractivity contribution in [2.45, 2.75) is 18.2 Å². The number of aromatic nitrogens is 1. The van der Waals surface area contributed by atoms with E-state index in [9.17, 15) is 13.2 Å². The molecule has 0 fully saturated rings. The molecule has 19 heavy (non-hydrogen) atoms. The van der Waals surface area contributed by atoms with Crippen LogP contribution in [0.4, 0.5) is 5.82 Å². The fourth-order valence-corrected chi connectivity index (χ4v) is 2.86. The zero-order valence-corrected chi connectivity index (χ0v) is 11.7. The van der Waals surface area contributed by atoms with Gasteiger partial charge in [0.2, 0.25) is 10.0 Å². The molecule has 0 aliphatic carbocycles. The van der Waals surface area contributed by atoms with Gasteiger partial charge in [-0.2, -0.15) is 4.31 Å². The monoisotopic (exact) mass is 287 g/mol. The van der Waals surface area contributed by atoms with E-state index in [1.165, 1.54) is 25.4 Å². The van der Waals surface area contributed by atoms with Crippen molar-refractivity contribution >= 4 is 21.8 Å². The van der Waals surface area contributed by atoms with Gasteiger partial charge >= 0.3 is 5.97 Å². The van der Waals surface area contributed by atoms with Crippen LogP contribution < -0.4 is 5.73 Å². The lowest BCUT2D eigenvalue weighted by Gasteiger charge is -2.20. The van der Waals surface area contributed by atoms with Gasteiger partial charge in [0.05, 0.1) is 7.11 Å². The first kappa shape index (κ1) is 15.4. The normalized spacial score (nSPS) is 11.5. The van der Waals surface area contributed by atoms with Gasteiger partial charge in [-0.1, -0.05) is 6.92 Å². The lowest BCUT2D eigenvalue weighted by Crippen LogP contribution is -2.36. The summed E-state index contributed by atoms with van der Waals surface area (Å²) in [6.07, 6.45) is 1.75. The fourth-order valence-electron chi connectivity index (χ4n) is 1.44. The van der Waals surface area contributed by atoms with Gasteiger partial charge < -0.3 is 10.5 Å². The Morgan fingerprint density at radius 1 is 1.47 bits per heavy atom. The van der Waals surface area contributed by atoms with Crippen molar-refractivity contribution in [3.63, 3.8) is 0 Å². The van der Waals surface area contributed by atoms with Gasteiger partial charge in [0.1, 0.15) is 17.3 Å². The maximum absolute atomic E-state index is 12.3. The Labute approximate surface area is 112 Å². The maximum atomic E-state index is 12.3. The minimum atomic E-state index is -3.77. The van der Waals surface area contributed by atoms with Gasteiger partial charge in [0.15, 0.2) is 0 Å². The number of ether oxygens (including phenoxy) is 1. The molecule has 1 heterocycles. The summed E-state index contributed by atoms with van der Waals surface area (Å²) in [6.45, 7) is 1.72. The molecule has 0 aromatic carbocycles. The molecule has 7 nitrogen and oxygen atoms in total. The Hall–Kier alpha value is -1.67. The summed E-state index contributed by atoms with van der Waals surface area (Å²) in [5, 5.41) is 0. The van der Waals surface area contributed by atoms with Crippen LogP contribution in [0.15, 0.2) is 23.2 Å². The van der Waals surface area contributed by atoms with Crippen molar-refractivity contribution in [1.82, 2.24) is 9.29 Å². The molecule has 0 aliphatic heterocycles. The molecule has 0 saturated carbocycles. The van der Waals surface area contributed by atoms with Gasteiger partial charge in [-0.3, -0.25) is 4.79 Å². The predicted octanol–water partition coefficient (Wildman–Crippen LogP) is 0.238. The van der Waals surface area contributed by atoms with Crippen LogP contribution in [0.25, 0.3) is 0 Å². The number of pyridine rings is 1. The summed E-state index contributed by atoms with van der Waals surface area (Å²) in [5.41, 5.74) is 5.41. The quantitative estimate of drug-likeness (QED) is 0.752. The molecule has 8 heteroatoms. The first-order valence-corrected chi connectivity index (χ1v) is 7.14. The highest BCUT2D eigenvalue weighted by Gasteiger charge is 2.26. The number of nitrogens with zero attached hydrogens (tertiary/aromatic N) is 2. The maximum Gasteiger partial charge on any atom is 0.321 e. The third-order valence-electron chi connectivity index (χ3n) is 2.40. The minimum Gasteiger partial charge on any atom is -0.468 e. The average Bonchev–Trinajstić information content (AvgIpc) is 2.38. The topological polar surface area (TPSA) is 103 Å². The number of nitrogen functional groups attached to an aromatic ring is 1. The number of anilines is 1. The number of hydrogen-bond acceptors (Lipinski definition) is 6. The molecule has 0 bridgehead atoms. The van der Waals surface area contributed by atoms with Crippen LogP contribution in [0.3, 0.4) is 0 Å². The van der Waals surface area contributed by atoms with E-state index < -0.39 is 16.0 Å². The third-order valence-corrected chi connectivity index (χ3v) is 4.23. The summed E-state index contributed by atoms with van der Waals surface area (Å²) in [6, 6.07) is 2.76. The van der Waals surface area contributed by atoms with Gasteiger partial charge in [-0.25, -0.2) is 13.4 Å². The number of sulfonamides is 1. The van der Waals surface area contributed by atoms with Crippen molar-refractivity contribution in [3.05, 3.63) is 18.3 Å². The van der Waals surface area contributed by atoms with Crippen molar-refractivity contribution in [3.8, 4) is 0 Å². The Bertz CT molecular complexity index is 527. The second-order valence-electron chi connectivity index (χ2n) is 3.83. The Morgan fingerprint density at radius 3 is 2.63 bits per heavy atom. The molecule has 0 atom stereocenters. The lowest BCUT2D eigenvalue weighted by atomic mass is 10.5. The van der Waals surface area contributed by atoms with Crippen molar-refractivity contribution in [2.75, 3.05) is 25.9 Å². The van der Waals surface area contributed by atoms with E-state index in [4.69, 9.17) is 5.73 Å². The molecule has 1 rings (SSSR count). The molecule has 2 N–H and O–H groups in total. The lowest BCUT2D eigenvalue weighted by molar-refractivity contribution is -0.140. The Kier molecular flexibility index (Phi) is 5.25. The molecular formula is C11H17N3O4S. The molecule has 106 valence electrons. The van der Waals surface area contributed by atoms with E-state index in [1.54, 1.807) is 0 Å². The van der Waals surface area contributed by atoms with Crippen molar-refractivity contribution in [1.29, 1.82) is 0 Å². The second-order valence-corrected chi connectivity index (χ2v) is 5.77. The second kappa shape index (κ2) is 6.48. The molecule has 0 unspecified atom stereocenters. The summed E-state index contributed by atoms with van der Waals surface area (Å²) in [7, 11) is -2.56. The van der Waals surface area contributed by atoms with Crippen LogP contribution in [0.2, 0.25) is 0 Å². The van der Waals surface area contributed by atoms with Gasteiger partial charge in [0, 0.05) is 12.7 Å². The number of nitrogens with two attached hydrogens (primary N) is 1. The van der Waals surface area contributed by atoms with Crippen LogP contribution in [0.1, 0.15) is 13.3 Å². The van der Waals surface area contributed by atoms with Crippen LogP contribution in [0, 0.1) is 0 Å². The zero-order chi connectivity index (χ0) is 14.5. The summed E-state index contributed by atoms with van der Waals surface area (Å²) in [4.78, 5) is 15.0. The summed E-state index contributed by atoms with van der Waals surface area (Å²) in [5.74, 6) is -0.380. The molecule has 0 aliphatic rings. The number of carbonyl (C=O) groups excluding carboxylic acids is 1. The van der Waals surface area contributed by atoms with E-state index >= 15 is 0 Å². The van der Waals surface area contributed by atoms with Crippen LogP contribution in [-0.4, -0.2) is 43.9 Å². The summed E-state index contributed by atoms with van der Waals surface area (Å²) < 4.78 is 30.2. The van der Waals surface area contributed by atoms with Gasteiger partial charge in [-0.15, -0.1) is 0 Å². The predicted molar refractivity (Wildman–Crippen MR) is 69.7 cm³/mol. The van der Waals surface area contributed by atoms with E-state index in [0.717, 1.165) is 4.31 Å². The van der Waals surface area contributed by atoms with Gasteiger partial charge in [-0.05, 0) is 18.6 Å². The van der Waals surface area contributed by atoms with E-state index in [0.29, 0.717) is 6.42 Å². The van der Waals surface area contributed by atoms with E-state index in [2.05, 4.69) is 9.72 Å². The molecule has 0 amide bonds. The van der Waals surface area contributed by atoms with Gasteiger partial charge in [0.25, 0.3) is 0 Å². The standard InChI is InChI=1S/C11H17N3O4S/c1-3-6-14(8-11(15)18-2)19(16,17)9-4-5-10(12)13-7-9/h4-5,7H,3,6,8H2,1-2H3,(H2,12,13). The highest BCUT2D eigenvalue weighted by atomic mass is 32.2. The number of methoxy groups -OCH3 is 1. The molecule has 0 saturated heterocycles. The Morgan fingerprint density at radius 2 is 2.16 bits per heavy atom. The number of carbonyl (C=O) groups is 1. The SMILES string of the molecule is CCCN(CC(=O)OC)S(=O)(=O)c1ccc(N)nc1. The molecule has 0 spiro atoms. The number of esters is 1. The minimum absolute atomic E-state index is 0.000877. The molecule has 1 aromatic rings. The number of hydrogen-bond donors (Lipinski definition) is 1. The first-order valence-electron chi connectivity index (χ1n) is 5.70. The van der Waals surface area contributed by atoms with Crippen LogP contribution in [0.5, 0.6) is 0 Å². The van der Waals surface area contributed by atoms with E-state index in [1.807, 2.05) is 6.92 Å². The molecule has 1 aromatic heterocycles. The van der Waals surface area contributed by atoms with Crippen molar-refractivity contribution < 1.29 is 17.9 Å². The smallest absolute Gasteiger partial charge is 0.321 e. The fraction of sp³-hybridized carbons (Fsp3) is 0.455. The highest BCUT2D eigenvalue weighted by Crippen LogP contribution is 2.15. The third kappa shape index (κ3) is 3.90. The Balaban J connectivity index is 3.05. The van der Waals surface area contributed by atoms with Crippen LogP contribution >= 0.6 is 0 Å². The van der Waals surface area contributed by atoms with E-state index in [-0.39, 0.29) is 23.8 Å². The number of rotatable bonds is 6. The molecular weight excluding hydrogens is 270 g/mol. The van der Waals surface area contributed by atoms with Crippen molar-refractivity contribution in [2.24, 2.45) is 0 Å². The summed E-state index contributed by atoms with van der Waals surface area (Å²) >= 11 is 0.